The highest BCUT2D eigenvalue weighted by molar-refractivity contribution is 14.1. The fourth-order valence-corrected chi connectivity index (χ4v) is 4.64. The van der Waals surface area contributed by atoms with Crippen LogP contribution in [-0.4, -0.2) is 84.4 Å². The fraction of sp³-hybridized carbons (Fsp3) is 0.542. The van der Waals surface area contributed by atoms with Crippen molar-refractivity contribution in [3.63, 3.8) is 0 Å². The molecular formula is C24H30F3IN2O7. The van der Waals surface area contributed by atoms with Crippen LogP contribution in [-0.2, 0) is 9.59 Å². The summed E-state index contributed by atoms with van der Waals surface area (Å²) in [7, 11) is 1.33. The quantitative estimate of drug-likeness (QED) is 0.250. The van der Waals surface area contributed by atoms with E-state index >= 15 is 0 Å². The Kier molecular flexibility index (Phi) is 11.2. The molecule has 13 heteroatoms. The lowest BCUT2D eigenvalue weighted by Gasteiger charge is -2.41. The fourth-order valence-electron chi connectivity index (χ4n) is 3.89. The molecule has 0 aliphatic heterocycles. The molecule has 3 atom stereocenters. The molecule has 0 saturated heterocycles. The van der Waals surface area contributed by atoms with Crippen LogP contribution in [0.1, 0.15) is 37.0 Å². The standard InChI is InChI=1S/C24H30F3IN2O7/c1-13(2)6-20(33)30(12-24(25,26)27)17-9-15(23(35)29-4-5-31)10-18(21(17)34)37-22-16(28)7-14(11-32)8-19(22)36-3/h7-8,10-11,13,17-18,21,31,34H,4-6,9,12H2,1-3H3,(H,29,35)/t17-,18+,21+/m1/s1. The van der Waals surface area contributed by atoms with E-state index in [1.807, 2.05) is 22.6 Å². The predicted molar refractivity (Wildman–Crippen MR) is 135 cm³/mol. The molecule has 1 aliphatic rings. The van der Waals surface area contributed by atoms with Crippen LogP contribution in [0.15, 0.2) is 23.8 Å². The van der Waals surface area contributed by atoms with Gasteiger partial charge in [0.1, 0.15) is 25.0 Å². The second kappa shape index (κ2) is 13.4. The van der Waals surface area contributed by atoms with Crippen LogP contribution < -0.4 is 14.8 Å². The Bertz CT molecular complexity index is 1020. The van der Waals surface area contributed by atoms with Crippen molar-refractivity contribution in [3.05, 3.63) is 32.9 Å². The van der Waals surface area contributed by atoms with Crippen molar-refractivity contribution in [2.24, 2.45) is 5.92 Å². The monoisotopic (exact) mass is 642 g/mol. The van der Waals surface area contributed by atoms with Crippen molar-refractivity contribution in [3.8, 4) is 11.5 Å². The van der Waals surface area contributed by atoms with E-state index in [4.69, 9.17) is 14.6 Å². The average molecular weight is 642 g/mol. The first-order valence-corrected chi connectivity index (χ1v) is 12.5. The van der Waals surface area contributed by atoms with Gasteiger partial charge in [-0.15, -0.1) is 0 Å². The summed E-state index contributed by atoms with van der Waals surface area (Å²) >= 11 is 1.87. The molecule has 37 heavy (non-hydrogen) atoms. The number of carbonyl (C=O) groups is 3. The topological polar surface area (TPSA) is 125 Å². The lowest BCUT2D eigenvalue weighted by atomic mass is 9.87. The first-order chi connectivity index (χ1) is 17.3. The number of aliphatic hydroxyl groups is 2. The van der Waals surface area contributed by atoms with Gasteiger partial charge in [0.25, 0.3) is 0 Å². The Morgan fingerprint density at radius 1 is 1.32 bits per heavy atom. The van der Waals surface area contributed by atoms with E-state index in [0.29, 0.717) is 14.8 Å². The normalized spacial score (nSPS) is 19.7. The van der Waals surface area contributed by atoms with Crippen molar-refractivity contribution >= 4 is 40.7 Å². The number of hydrogen-bond donors (Lipinski definition) is 3. The van der Waals surface area contributed by atoms with Crippen LogP contribution >= 0.6 is 22.6 Å². The lowest BCUT2D eigenvalue weighted by molar-refractivity contribution is -0.173. The number of amides is 2. The number of halogens is 4. The summed E-state index contributed by atoms with van der Waals surface area (Å²) in [5.41, 5.74) is 0.266. The van der Waals surface area contributed by atoms with Crippen LogP contribution in [0, 0.1) is 9.49 Å². The van der Waals surface area contributed by atoms with Gasteiger partial charge in [-0.2, -0.15) is 13.2 Å². The lowest BCUT2D eigenvalue weighted by Crippen LogP contribution is -2.57. The van der Waals surface area contributed by atoms with Gasteiger partial charge in [-0.1, -0.05) is 13.8 Å². The molecule has 0 bridgehead atoms. The van der Waals surface area contributed by atoms with E-state index in [9.17, 15) is 32.7 Å². The number of methoxy groups -OCH3 is 1. The summed E-state index contributed by atoms with van der Waals surface area (Å²) in [6.07, 6.45) is -6.43. The van der Waals surface area contributed by atoms with E-state index in [1.165, 1.54) is 25.3 Å². The zero-order chi connectivity index (χ0) is 27.9. The first-order valence-electron chi connectivity index (χ1n) is 11.4. The maximum absolute atomic E-state index is 13.5. The van der Waals surface area contributed by atoms with Crippen molar-refractivity contribution in [2.45, 2.75) is 51.1 Å². The van der Waals surface area contributed by atoms with Gasteiger partial charge in [-0.05, 0) is 46.7 Å². The molecule has 0 unspecified atom stereocenters. The summed E-state index contributed by atoms with van der Waals surface area (Å²) in [6.45, 7) is 1.27. The number of nitrogens with zero attached hydrogens (tertiary/aromatic N) is 1. The second-order valence-electron chi connectivity index (χ2n) is 8.90. The van der Waals surface area contributed by atoms with Crippen molar-refractivity contribution in [2.75, 3.05) is 26.8 Å². The summed E-state index contributed by atoms with van der Waals surface area (Å²) in [5.74, 6) is -1.52. The van der Waals surface area contributed by atoms with Gasteiger partial charge in [0.15, 0.2) is 11.5 Å². The summed E-state index contributed by atoms with van der Waals surface area (Å²) in [5, 5.41) is 22.6. The Balaban J connectivity index is 2.55. The maximum atomic E-state index is 13.5. The van der Waals surface area contributed by atoms with Gasteiger partial charge in [0, 0.05) is 30.5 Å². The van der Waals surface area contributed by atoms with Crippen LogP contribution in [0.3, 0.4) is 0 Å². The molecule has 2 rings (SSSR count). The third kappa shape index (κ3) is 8.57. The average Bonchev–Trinajstić information content (AvgIpc) is 2.82. The van der Waals surface area contributed by atoms with Gasteiger partial charge in [-0.25, -0.2) is 0 Å². The van der Waals surface area contributed by atoms with Crippen LogP contribution in [0.25, 0.3) is 0 Å². The third-order valence-electron chi connectivity index (χ3n) is 5.51. The minimum Gasteiger partial charge on any atom is -0.493 e. The molecule has 1 aliphatic carbocycles. The molecule has 0 spiro atoms. The van der Waals surface area contributed by atoms with Crippen molar-refractivity contribution < 1.29 is 47.2 Å². The van der Waals surface area contributed by atoms with Gasteiger partial charge in [0.05, 0.1) is 23.3 Å². The molecule has 0 saturated carbocycles. The third-order valence-corrected chi connectivity index (χ3v) is 6.31. The molecule has 1 aromatic carbocycles. The molecule has 0 radical (unpaired) electrons. The van der Waals surface area contributed by atoms with E-state index in [2.05, 4.69) is 5.32 Å². The van der Waals surface area contributed by atoms with Gasteiger partial charge in [-0.3, -0.25) is 14.4 Å². The Labute approximate surface area is 226 Å². The van der Waals surface area contributed by atoms with Gasteiger partial charge < -0.3 is 29.9 Å². The number of hydrogen-bond acceptors (Lipinski definition) is 7. The molecule has 2 amide bonds. The molecular weight excluding hydrogens is 612 g/mol. The summed E-state index contributed by atoms with van der Waals surface area (Å²) in [4.78, 5) is 37.4. The van der Waals surface area contributed by atoms with Gasteiger partial charge >= 0.3 is 6.18 Å². The van der Waals surface area contributed by atoms with Gasteiger partial charge in [0.2, 0.25) is 11.8 Å². The van der Waals surface area contributed by atoms with E-state index in [1.54, 1.807) is 13.8 Å². The number of ether oxygens (including phenoxy) is 2. The van der Waals surface area contributed by atoms with E-state index in [0.717, 1.165) is 0 Å². The zero-order valence-corrected chi connectivity index (χ0v) is 22.7. The minimum absolute atomic E-state index is 0.0169. The smallest absolute Gasteiger partial charge is 0.406 e. The number of aldehydes is 1. The summed E-state index contributed by atoms with van der Waals surface area (Å²) in [6, 6.07) is 1.44. The predicted octanol–water partition coefficient (Wildman–Crippen LogP) is 2.46. The van der Waals surface area contributed by atoms with E-state index < -0.39 is 42.8 Å². The first kappa shape index (κ1) is 30.8. The highest BCUT2D eigenvalue weighted by Gasteiger charge is 2.44. The highest BCUT2D eigenvalue weighted by atomic mass is 127. The van der Waals surface area contributed by atoms with Crippen LogP contribution in [0.5, 0.6) is 11.5 Å². The van der Waals surface area contributed by atoms with Crippen molar-refractivity contribution in [1.29, 1.82) is 0 Å². The zero-order valence-electron chi connectivity index (χ0n) is 20.5. The number of benzene rings is 1. The second-order valence-corrected chi connectivity index (χ2v) is 10.1. The summed E-state index contributed by atoms with van der Waals surface area (Å²) < 4.78 is 52.2. The molecule has 0 fully saturated rings. The SMILES string of the molecule is COc1cc(C=O)cc(I)c1O[C@H]1C=C(C(=O)NCCO)C[C@@H](N(CC(F)(F)F)C(=O)CC(C)C)[C@@H]1O. The maximum Gasteiger partial charge on any atom is 0.406 e. The van der Waals surface area contributed by atoms with Crippen LogP contribution in [0.4, 0.5) is 13.2 Å². The number of carbonyl (C=O) groups excluding carboxylic acids is 3. The van der Waals surface area contributed by atoms with Crippen LogP contribution in [0.2, 0.25) is 0 Å². The van der Waals surface area contributed by atoms with Crippen molar-refractivity contribution in [1.82, 2.24) is 10.2 Å². The minimum atomic E-state index is -4.76. The highest BCUT2D eigenvalue weighted by Crippen LogP contribution is 2.37. The largest absolute Gasteiger partial charge is 0.493 e. The number of alkyl halides is 3. The molecule has 0 heterocycles. The Morgan fingerprint density at radius 3 is 2.54 bits per heavy atom. The Morgan fingerprint density at radius 2 is 2.00 bits per heavy atom. The molecule has 9 nitrogen and oxygen atoms in total. The number of nitrogens with one attached hydrogen (secondary N) is 1. The number of aliphatic hydroxyl groups excluding tert-OH is 2. The molecule has 3 N–H and O–H groups in total. The van der Waals surface area contributed by atoms with E-state index in [-0.39, 0.29) is 54.5 Å². The Hall–Kier alpha value is -2.39. The molecule has 206 valence electrons. The molecule has 1 aromatic rings. The number of rotatable bonds is 11. The molecule has 0 aromatic heterocycles.